The second-order valence-electron chi connectivity index (χ2n) is 9.62. The van der Waals surface area contributed by atoms with E-state index in [0.717, 1.165) is 44.5 Å². The molecule has 3 nitrogen and oxygen atoms in total. The lowest BCUT2D eigenvalue weighted by molar-refractivity contribution is 0.623. The van der Waals surface area contributed by atoms with Crippen LogP contribution in [-0.4, -0.2) is 4.98 Å². The maximum atomic E-state index is 6.38. The van der Waals surface area contributed by atoms with Gasteiger partial charge >= 0.3 is 0 Å². The highest BCUT2D eigenvalue weighted by Crippen LogP contribution is 2.43. The Hall–Kier alpha value is -4.93. The zero-order valence-corrected chi connectivity index (χ0v) is 21.7. The highest BCUT2D eigenvalue weighted by Gasteiger charge is 2.19. The molecule has 0 N–H and O–H groups in total. The SMILES string of the molecule is c1ccc(-c2nc3ccc4c(N(c5ccccc5)c5ccc6sc7ccccc7c6c5)cccc4c3o2)cc1. The van der Waals surface area contributed by atoms with Gasteiger partial charge in [-0.2, -0.15) is 0 Å². The van der Waals surface area contributed by atoms with Crippen molar-refractivity contribution < 1.29 is 4.42 Å². The van der Waals surface area contributed by atoms with Gasteiger partial charge in [0, 0.05) is 47.9 Å². The second kappa shape index (κ2) is 8.83. The number of hydrogen-bond acceptors (Lipinski definition) is 4. The van der Waals surface area contributed by atoms with E-state index in [1.165, 1.54) is 20.2 Å². The predicted octanol–water partition coefficient (Wildman–Crippen LogP) is 10.5. The minimum absolute atomic E-state index is 0.637. The first-order chi connectivity index (χ1) is 19.3. The minimum Gasteiger partial charge on any atom is -0.435 e. The van der Waals surface area contributed by atoms with Crippen molar-refractivity contribution in [2.24, 2.45) is 0 Å². The third-order valence-electron chi connectivity index (χ3n) is 7.28. The Balaban J connectivity index is 1.36. The van der Waals surface area contributed by atoms with Crippen LogP contribution in [-0.2, 0) is 0 Å². The highest BCUT2D eigenvalue weighted by molar-refractivity contribution is 7.25. The molecular weight excluding hydrogens is 496 g/mol. The third kappa shape index (κ3) is 3.61. The summed E-state index contributed by atoms with van der Waals surface area (Å²) in [6.45, 7) is 0. The van der Waals surface area contributed by atoms with E-state index >= 15 is 0 Å². The molecule has 0 aliphatic carbocycles. The molecule has 6 aromatic carbocycles. The Morgan fingerprint density at radius 2 is 1.28 bits per heavy atom. The van der Waals surface area contributed by atoms with E-state index in [4.69, 9.17) is 9.40 Å². The van der Waals surface area contributed by atoms with E-state index in [0.29, 0.717) is 5.89 Å². The molecule has 0 radical (unpaired) electrons. The van der Waals surface area contributed by atoms with Gasteiger partial charge in [0.1, 0.15) is 5.52 Å². The molecule has 2 aromatic heterocycles. The quantitative estimate of drug-likeness (QED) is 0.232. The maximum absolute atomic E-state index is 6.38. The molecule has 0 aliphatic heterocycles. The highest BCUT2D eigenvalue weighted by atomic mass is 32.1. The van der Waals surface area contributed by atoms with Crippen molar-refractivity contribution in [2.45, 2.75) is 0 Å². The normalized spacial score (nSPS) is 11.6. The van der Waals surface area contributed by atoms with Crippen molar-refractivity contribution in [3.05, 3.63) is 133 Å². The fourth-order valence-corrected chi connectivity index (χ4v) is 6.57. The van der Waals surface area contributed by atoms with Crippen molar-refractivity contribution >= 4 is 70.4 Å². The Bertz CT molecular complexity index is 2130. The van der Waals surface area contributed by atoms with Crippen LogP contribution in [0.5, 0.6) is 0 Å². The van der Waals surface area contributed by atoms with Crippen LogP contribution < -0.4 is 4.90 Å². The molecule has 184 valence electrons. The van der Waals surface area contributed by atoms with E-state index in [1.807, 2.05) is 41.7 Å². The number of rotatable bonds is 4. The third-order valence-corrected chi connectivity index (χ3v) is 8.44. The van der Waals surface area contributed by atoms with Crippen molar-refractivity contribution in [3.8, 4) is 11.5 Å². The van der Waals surface area contributed by atoms with Crippen molar-refractivity contribution in [1.29, 1.82) is 0 Å². The molecule has 0 aliphatic rings. The zero-order valence-electron chi connectivity index (χ0n) is 20.9. The van der Waals surface area contributed by atoms with Crippen LogP contribution in [0.25, 0.3) is 53.5 Å². The van der Waals surface area contributed by atoms with Crippen LogP contribution in [0.15, 0.2) is 138 Å². The van der Waals surface area contributed by atoms with Crippen LogP contribution in [0, 0.1) is 0 Å². The van der Waals surface area contributed by atoms with Gasteiger partial charge < -0.3 is 9.32 Å². The van der Waals surface area contributed by atoms with Gasteiger partial charge in [-0.3, -0.25) is 0 Å². The van der Waals surface area contributed by atoms with Gasteiger partial charge in [-0.15, -0.1) is 11.3 Å². The Kier molecular flexibility index (Phi) is 5.00. The molecular formula is C35H22N2OS. The van der Waals surface area contributed by atoms with Gasteiger partial charge in [0.15, 0.2) is 5.58 Å². The summed E-state index contributed by atoms with van der Waals surface area (Å²) in [4.78, 5) is 7.14. The van der Waals surface area contributed by atoms with Gasteiger partial charge in [0.25, 0.3) is 0 Å². The molecule has 0 spiro atoms. The van der Waals surface area contributed by atoms with Gasteiger partial charge in [0.2, 0.25) is 5.89 Å². The van der Waals surface area contributed by atoms with Crippen LogP contribution in [0.3, 0.4) is 0 Å². The summed E-state index contributed by atoms with van der Waals surface area (Å²) in [5.41, 5.74) is 5.95. The fourth-order valence-electron chi connectivity index (χ4n) is 5.48. The number of anilines is 3. The van der Waals surface area contributed by atoms with E-state index in [2.05, 4.69) is 108 Å². The molecule has 39 heavy (non-hydrogen) atoms. The summed E-state index contributed by atoms with van der Waals surface area (Å²) in [7, 11) is 0. The topological polar surface area (TPSA) is 29.3 Å². The number of para-hydroxylation sites is 1. The summed E-state index contributed by atoms with van der Waals surface area (Å²) in [5, 5.41) is 4.73. The molecule has 8 aromatic rings. The monoisotopic (exact) mass is 518 g/mol. The molecule has 8 rings (SSSR count). The lowest BCUT2D eigenvalue weighted by Gasteiger charge is -2.27. The largest absolute Gasteiger partial charge is 0.435 e. The van der Waals surface area contributed by atoms with Crippen LogP contribution in [0.1, 0.15) is 0 Å². The standard InChI is InChI=1S/C35H22N2OS/c1-3-10-23(11-4-1)35-36-30-20-19-26-28(34(30)38-35)15-9-16-31(26)37(24-12-5-2-6-13-24)25-18-21-33-29(22-25)27-14-7-8-17-32(27)39-33/h1-22H. The van der Waals surface area contributed by atoms with Crippen molar-refractivity contribution in [1.82, 2.24) is 4.98 Å². The summed E-state index contributed by atoms with van der Waals surface area (Å²) >= 11 is 1.84. The van der Waals surface area contributed by atoms with Crippen LogP contribution in [0.4, 0.5) is 17.1 Å². The first-order valence-corrected chi connectivity index (χ1v) is 13.8. The van der Waals surface area contributed by atoms with Crippen molar-refractivity contribution in [2.75, 3.05) is 4.90 Å². The van der Waals surface area contributed by atoms with Crippen molar-refractivity contribution in [3.63, 3.8) is 0 Å². The van der Waals surface area contributed by atoms with E-state index in [1.54, 1.807) is 0 Å². The smallest absolute Gasteiger partial charge is 0.227 e. The number of hydrogen-bond donors (Lipinski definition) is 0. The maximum Gasteiger partial charge on any atom is 0.227 e. The molecule has 0 fully saturated rings. The summed E-state index contributed by atoms with van der Waals surface area (Å²) < 4.78 is 8.98. The zero-order chi connectivity index (χ0) is 25.8. The number of oxazole rings is 1. The number of aromatic nitrogens is 1. The van der Waals surface area contributed by atoms with Gasteiger partial charge in [-0.25, -0.2) is 4.98 Å². The summed E-state index contributed by atoms with van der Waals surface area (Å²) in [6, 6.07) is 46.7. The van der Waals surface area contributed by atoms with Gasteiger partial charge in [-0.05, 0) is 66.7 Å². The Morgan fingerprint density at radius 1 is 0.538 bits per heavy atom. The first kappa shape index (κ1) is 22.1. The average molecular weight is 519 g/mol. The first-order valence-electron chi connectivity index (χ1n) is 13.0. The molecule has 2 heterocycles. The number of benzene rings is 6. The summed E-state index contributed by atoms with van der Waals surface area (Å²) in [5.74, 6) is 0.637. The number of nitrogens with zero attached hydrogens (tertiary/aromatic N) is 2. The minimum atomic E-state index is 0.637. The predicted molar refractivity (Wildman–Crippen MR) is 165 cm³/mol. The average Bonchev–Trinajstić information content (AvgIpc) is 3.60. The van der Waals surface area contributed by atoms with E-state index in [9.17, 15) is 0 Å². The molecule has 0 unspecified atom stereocenters. The second-order valence-corrected chi connectivity index (χ2v) is 10.7. The van der Waals surface area contributed by atoms with E-state index in [-0.39, 0.29) is 0 Å². The fraction of sp³-hybridized carbons (Fsp3) is 0. The molecule has 0 bridgehead atoms. The van der Waals surface area contributed by atoms with Gasteiger partial charge in [0.05, 0.1) is 5.69 Å². The van der Waals surface area contributed by atoms with Gasteiger partial charge in [-0.1, -0.05) is 66.7 Å². The molecule has 4 heteroatoms. The Labute approximate surface area is 229 Å². The van der Waals surface area contributed by atoms with E-state index < -0.39 is 0 Å². The lowest BCUT2D eigenvalue weighted by Crippen LogP contribution is -2.10. The number of fused-ring (bicyclic) bond motifs is 6. The molecule has 0 saturated carbocycles. The van der Waals surface area contributed by atoms with Crippen LogP contribution in [0.2, 0.25) is 0 Å². The van der Waals surface area contributed by atoms with Crippen LogP contribution >= 0.6 is 11.3 Å². The lowest BCUT2D eigenvalue weighted by atomic mass is 10.0. The summed E-state index contributed by atoms with van der Waals surface area (Å²) in [6.07, 6.45) is 0. The molecule has 0 saturated heterocycles. The Morgan fingerprint density at radius 3 is 2.15 bits per heavy atom. The molecule has 0 amide bonds. The number of thiophene rings is 1. The molecule has 0 atom stereocenters.